The van der Waals surface area contributed by atoms with Crippen molar-refractivity contribution in [3.63, 3.8) is 0 Å². The molecule has 0 atom stereocenters. The molecule has 4 rings (SSSR count). The highest BCUT2D eigenvalue weighted by atomic mass is 35.5. The second-order valence-corrected chi connectivity index (χ2v) is 14.2. The highest BCUT2D eigenvalue weighted by molar-refractivity contribution is 7.92. The number of carbonyl (C=O) groups is 2. The number of amides is 2. The maximum absolute atomic E-state index is 13.3. The molecule has 0 saturated heterocycles. The van der Waals surface area contributed by atoms with E-state index in [1.54, 1.807) is 57.5 Å². The van der Waals surface area contributed by atoms with Gasteiger partial charge in [-0.15, -0.1) is 0 Å². The Labute approximate surface area is 272 Å². The lowest BCUT2D eigenvalue weighted by Crippen LogP contribution is -2.55. The summed E-state index contributed by atoms with van der Waals surface area (Å²) in [5, 5.41) is 10.5. The maximum atomic E-state index is 13.3. The van der Waals surface area contributed by atoms with Crippen LogP contribution in [0, 0.1) is 0 Å². The lowest BCUT2D eigenvalue weighted by molar-refractivity contribution is -0.126. The Kier molecular flexibility index (Phi) is 9.91. The molecule has 0 fully saturated rings. The number of hydrogen-bond acceptors (Lipinski definition) is 7. The number of carbonyl (C=O) groups excluding carboxylic acids is 2. The van der Waals surface area contributed by atoms with Crippen LogP contribution < -0.4 is 20.1 Å². The molecule has 11 nitrogen and oxygen atoms in total. The number of aromatic nitrogens is 2. The van der Waals surface area contributed by atoms with Gasteiger partial charge in [0.05, 0.1) is 34.6 Å². The molecule has 2 amide bonds. The van der Waals surface area contributed by atoms with Crippen LogP contribution in [0.1, 0.15) is 45.7 Å². The van der Waals surface area contributed by atoms with Crippen molar-refractivity contribution in [2.75, 3.05) is 11.8 Å². The molecule has 0 radical (unpaired) electrons. The predicted octanol–water partition coefficient (Wildman–Crippen LogP) is 6.12. The average Bonchev–Trinajstić information content (AvgIpc) is 3.28. The summed E-state index contributed by atoms with van der Waals surface area (Å²) in [6.45, 7) is 8.88. The van der Waals surface area contributed by atoms with Crippen molar-refractivity contribution in [1.82, 2.24) is 20.4 Å². The number of halogens is 2. The number of sulfonamides is 1. The molecule has 1 aromatic heterocycles. The Morgan fingerprint density at radius 2 is 1.62 bits per heavy atom. The number of nitrogens with one attached hydrogen (secondary N) is 3. The lowest BCUT2D eigenvalue weighted by atomic mass is 10.0. The van der Waals surface area contributed by atoms with Crippen molar-refractivity contribution in [2.24, 2.45) is 0 Å². The van der Waals surface area contributed by atoms with Gasteiger partial charge in [0.15, 0.2) is 5.82 Å². The van der Waals surface area contributed by atoms with Crippen molar-refractivity contribution in [2.45, 2.75) is 63.7 Å². The fourth-order valence-electron chi connectivity index (χ4n) is 4.46. The van der Waals surface area contributed by atoms with Gasteiger partial charge in [-0.1, -0.05) is 59.6 Å². The van der Waals surface area contributed by atoms with Crippen LogP contribution in [0.3, 0.4) is 0 Å². The topological polar surface area (TPSA) is 141 Å². The highest BCUT2D eigenvalue weighted by Crippen LogP contribution is 2.35. The number of rotatable bonds is 10. The third-order valence-electron chi connectivity index (χ3n) is 6.55. The molecule has 14 heteroatoms. The number of fused-ring (bicyclic) bond motifs is 1. The molecule has 0 aliphatic carbocycles. The molecule has 240 valence electrons. The minimum atomic E-state index is -4.17. The van der Waals surface area contributed by atoms with Crippen molar-refractivity contribution in [3.05, 3.63) is 81.8 Å². The van der Waals surface area contributed by atoms with Crippen LogP contribution in [0.25, 0.3) is 10.9 Å². The molecule has 1 heterocycles. The maximum Gasteiger partial charge on any atom is 0.408 e. The number of anilines is 1. The van der Waals surface area contributed by atoms with E-state index < -0.39 is 27.3 Å². The van der Waals surface area contributed by atoms with E-state index in [2.05, 4.69) is 20.5 Å². The SMILES string of the molecule is COc1cccc2c1c(NS(=O)(=O)c1cccc(Cl)c1Cl)nn2Cc1cccc(CNC(=O)C(C)(C)NC(=O)OC(C)(C)C)c1. The zero-order valence-corrected chi connectivity index (χ0v) is 28.0. The first kappa shape index (κ1) is 33.9. The Hall–Kier alpha value is -4.00. The minimum Gasteiger partial charge on any atom is -0.496 e. The van der Waals surface area contributed by atoms with Crippen molar-refractivity contribution >= 4 is 61.9 Å². The summed E-state index contributed by atoms with van der Waals surface area (Å²) in [6, 6.07) is 17.1. The van der Waals surface area contributed by atoms with E-state index in [0.29, 0.717) is 16.7 Å². The first-order valence-corrected chi connectivity index (χ1v) is 16.1. The summed E-state index contributed by atoms with van der Waals surface area (Å²) in [6.07, 6.45) is -0.690. The molecule has 4 aromatic rings. The van der Waals surface area contributed by atoms with Gasteiger partial charge >= 0.3 is 6.09 Å². The molecule has 3 N–H and O–H groups in total. The number of ether oxygens (including phenoxy) is 2. The Morgan fingerprint density at radius 1 is 0.956 bits per heavy atom. The Morgan fingerprint density at radius 3 is 2.31 bits per heavy atom. The predicted molar refractivity (Wildman–Crippen MR) is 174 cm³/mol. The highest BCUT2D eigenvalue weighted by Gasteiger charge is 2.31. The number of alkyl carbamates (subject to hydrolysis) is 1. The van der Waals surface area contributed by atoms with Crippen LogP contribution in [0.4, 0.5) is 10.6 Å². The van der Waals surface area contributed by atoms with E-state index >= 15 is 0 Å². The van der Waals surface area contributed by atoms with Gasteiger partial charge in [0.2, 0.25) is 5.91 Å². The van der Waals surface area contributed by atoms with Crippen molar-refractivity contribution < 1.29 is 27.5 Å². The Bertz CT molecular complexity index is 1850. The first-order chi connectivity index (χ1) is 21.0. The standard InChI is InChI=1S/C31H35Cl2N5O6S/c1-30(2,3)44-29(40)35-31(4,5)28(39)34-17-19-10-7-11-20(16-19)18-38-22-13-9-14-23(43-6)25(22)27(36-38)37-45(41,42)24-15-8-12-21(32)26(24)33/h7-16H,17-18H2,1-6H3,(H,34,39)(H,35,40)(H,36,37). The summed E-state index contributed by atoms with van der Waals surface area (Å²) >= 11 is 12.3. The molecular weight excluding hydrogens is 641 g/mol. The van der Waals surface area contributed by atoms with E-state index in [0.717, 1.165) is 11.1 Å². The normalized spacial score (nSPS) is 12.1. The van der Waals surface area contributed by atoms with Crippen LogP contribution in [-0.4, -0.2) is 48.4 Å². The third-order valence-corrected chi connectivity index (χ3v) is 8.87. The zero-order valence-electron chi connectivity index (χ0n) is 25.7. The summed E-state index contributed by atoms with van der Waals surface area (Å²) in [5.74, 6) is 0.0926. The van der Waals surface area contributed by atoms with E-state index in [1.807, 2.05) is 24.3 Å². The van der Waals surface area contributed by atoms with Gasteiger partial charge in [0, 0.05) is 6.54 Å². The monoisotopic (exact) mass is 675 g/mol. The van der Waals surface area contributed by atoms with Crippen LogP contribution in [-0.2, 0) is 32.6 Å². The van der Waals surface area contributed by atoms with E-state index in [1.165, 1.54) is 25.3 Å². The molecule has 0 aliphatic rings. The van der Waals surface area contributed by atoms with Crippen molar-refractivity contribution in [3.8, 4) is 5.75 Å². The number of hydrogen-bond donors (Lipinski definition) is 3. The van der Waals surface area contributed by atoms with Crippen molar-refractivity contribution in [1.29, 1.82) is 0 Å². The second-order valence-electron chi connectivity index (χ2n) is 11.8. The summed E-state index contributed by atoms with van der Waals surface area (Å²) in [7, 11) is -2.68. The van der Waals surface area contributed by atoms with Gasteiger partial charge in [-0.25, -0.2) is 13.2 Å². The molecular formula is C31H35Cl2N5O6S. The molecule has 0 spiro atoms. The van der Waals surface area contributed by atoms with Gasteiger partial charge in [0.1, 0.15) is 21.8 Å². The zero-order chi connectivity index (χ0) is 33.2. The lowest BCUT2D eigenvalue weighted by Gasteiger charge is -2.27. The van der Waals surface area contributed by atoms with Gasteiger partial charge in [-0.2, -0.15) is 5.10 Å². The summed E-state index contributed by atoms with van der Waals surface area (Å²) in [5.41, 5.74) is 0.355. The fraction of sp³-hybridized carbons (Fsp3) is 0.323. The van der Waals surface area contributed by atoms with Gasteiger partial charge in [-0.3, -0.25) is 14.2 Å². The average molecular weight is 677 g/mol. The summed E-state index contributed by atoms with van der Waals surface area (Å²) in [4.78, 5) is 24.9. The summed E-state index contributed by atoms with van der Waals surface area (Å²) < 4.78 is 41.7. The number of nitrogens with zero attached hydrogens (tertiary/aromatic N) is 2. The molecule has 0 bridgehead atoms. The van der Waals surface area contributed by atoms with E-state index in [9.17, 15) is 18.0 Å². The van der Waals surface area contributed by atoms with Gasteiger partial charge < -0.3 is 20.1 Å². The van der Waals surface area contributed by atoms with Crippen LogP contribution in [0.2, 0.25) is 10.0 Å². The third kappa shape index (κ3) is 8.19. The fourth-order valence-corrected chi connectivity index (χ4v) is 6.24. The van der Waals surface area contributed by atoms with E-state index in [-0.39, 0.29) is 39.8 Å². The largest absolute Gasteiger partial charge is 0.496 e. The Balaban J connectivity index is 1.55. The van der Waals surface area contributed by atoms with Gasteiger partial charge in [-0.05, 0) is 70.0 Å². The quantitative estimate of drug-likeness (QED) is 0.184. The molecule has 0 saturated carbocycles. The molecule has 45 heavy (non-hydrogen) atoms. The first-order valence-electron chi connectivity index (χ1n) is 13.9. The molecule has 3 aromatic carbocycles. The minimum absolute atomic E-state index is 0.0571. The smallest absolute Gasteiger partial charge is 0.408 e. The van der Waals surface area contributed by atoms with E-state index in [4.69, 9.17) is 32.7 Å². The van der Waals surface area contributed by atoms with Gasteiger partial charge in [0.25, 0.3) is 10.0 Å². The molecule has 0 unspecified atom stereocenters. The molecule has 0 aliphatic heterocycles. The number of methoxy groups -OCH3 is 1. The van der Waals surface area contributed by atoms with Crippen LogP contribution in [0.5, 0.6) is 5.75 Å². The van der Waals surface area contributed by atoms with Crippen LogP contribution >= 0.6 is 23.2 Å². The second kappa shape index (κ2) is 13.2. The number of benzene rings is 3. The van der Waals surface area contributed by atoms with Crippen LogP contribution in [0.15, 0.2) is 65.6 Å².